The van der Waals surface area contributed by atoms with Crippen molar-refractivity contribution >= 4 is 51.2 Å². The van der Waals surface area contributed by atoms with E-state index in [1.165, 1.54) is 28.7 Å². The first-order chi connectivity index (χ1) is 25.7. The van der Waals surface area contributed by atoms with Gasteiger partial charge in [-0.1, -0.05) is 32.9 Å². The lowest BCUT2D eigenvalue weighted by Gasteiger charge is -2.35. The molecule has 3 amide bonds. The highest BCUT2D eigenvalue weighted by Crippen LogP contribution is 2.45. The fraction of sp³-hybridized carbons (Fsp3) is 0.550. The summed E-state index contributed by atoms with van der Waals surface area (Å²) in [5.74, 6) is -2.16. The number of anilines is 1. The molecule has 4 aliphatic rings. The number of rotatable bonds is 12. The van der Waals surface area contributed by atoms with E-state index in [1.807, 2.05) is 57.3 Å². The number of carboxylic acid groups (broad SMARTS) is 1. The number of nitrogens with one attached hydrogen (secondary N) is 3. The summed E-state index contributed by atoms with van der Waals surface area (Å²) in [5.41, 5.74) is 0.829. The molecular formula is C40H50N6O7S. The Kier molecular flexibility index (Phi) is 10.3. The molecule has 4 fully saturated rings. The van der Waals surface area contributed by atoms with Crippen molar-refractivity contribution in [2.24, 2.45) is 11.3 Å². The van der Waals surface area contributed by atoms with E-state index in [2.05, 4.69) is 22.5 Å². The Bertz CT molecular complexity index is 1950. The first-order valence-corrected chi connectivity index (χ1v) is 19.9. The number of aliphatic carboxylic acids is 1. The molecule has 0 unspecified atom stereocenters. The van der Waals surface area contributed by atoms with E-state index in [0.29, 0.717) is 23.2 Å². The number of pyridine rings is 1. The highest BCUT2D eigenvalue weighted by Gasteiger charge is 2.61. The van der Waals surface area contributed by atoms with Crippen LogP contribution in [0.2, 0.25) is 0 Å². The molecule has 3 heterocycles. The lowest BCUT2D eigenvalue weighted by Crippen LogP contribution is -2.59. The van der Waals surface area contributed by atoms with Gasteiger partial charge in [-0.05, 0) is 81.4 Å². The van der Waals surface area contributed by atoms with Crippen LogP contribution in [0.3, 0.4) is 0 Å². The average Bonchev–Trinajstić information content (AvgIpc) is 3.52. The van der Waals surface area contributed by atoms with Gasteiger partial charge < -0.3 is 35.4 Å². The smallest absolute Gasteiger partial charge is 0.408 e. The van der Waals surface area contributed by atoms with Gasteiger partial charge >= 0.3 is 12.1 Å². The Balaban J connectivity index is 1.18. The van der Waals surface area contributed by atoms with Gasteiger partial charge in [0.05, 0.1) is 17.8 Å². The van der Waals surface area contributed by atoms with Gasteiger partial charge in [0.2, 0.25) is 11.8 Å². The van der Waals surface area contributed by atoms with E-state index in [0.717, 1.165) is 60.1 Å². The normalized spacial score (nSPS) is 24.7. The summed E-state index contributed by atoms with van der Waals surface area (Å²) < 4.78 is 12.4. The molecule has 0 bridgehead atoms. The standard InChI is InChI=1S/C40H50N6O7S/c1-6-23-19-40(23,36(49)50)45-34(47)31-17-26(20-46(31)35(48)33(39(3,4)5)44-38(51)53-25-12-7-8-13-25)52-32-18-29(42-28-16-22(2)14-15-27(28)32)30-21-54-37(43-30)41-24-10-9-11-24/h6,14-16,18,21,23-26,31,33H,1,7-13,17,19-20H2,2-5H3,(H,41,43)(H,44,51)(H,45,47)(H,49,50)/t23-,26-,31+,33-,40-/m1/s1. The Morgan fingerprint density at radius 1 is 1.06 bits per heavy atom. The number of thiazole rings is 1. The van der Waals surface area contributed by atoms with Crippen LogP contribution in [0.4, 0.5) is 9.93 Å². The quantitative estimate of drug-likeness (QED) is 0.156. The molecule has 4 N–H and O–H groups in total. The van der Waals surface area contributed by atoms with Gasteiger partial charge in [0.1, 0.15) is 41.3 Å². The molecule has 5 atom stereocenters. The molecular weight excluding hydrogens is 709 g/mol. The third-order valence-corrected chi connectivity index (χ3v) is 12.0. The van der Waals surface area contributed by atoms with E-state index in [9.17, 15) is 24.3 Å². The number of fused-ring (bicyclic) bond motifs is 1. The first-order valence-electron chi connectivity index (χ1n) is 19.0. The number of nitrogens with zero attached hydrogens (tertiary/aromatic N) is 3. The number of likely N-dealkylation sites (tertiary alicyclic amines) is 1. The highest BCUT2D eigenvalue weighted by molar-refractivity contribution is 7.14. The maximum absolute atomic E-state index is 14.6. The molecule has 7 rings (SSSR count). The molecule has 288 valence electrons. The molecule has 3 saturated carbocycles. The van der Waals surface area contributed by atoms with Crippen LogP contribution < -0.4 is 20.7 Å². The number of amides is 3. The van der Waals surface area contributed by atoms with Crippen LogP contribution in [0.25, 0.3) is 22.3 Å². The summed E-state index contributed by atoms with van der Waals surface area (Å²) in [7, 11) is 0. The minimum absolute atomic E-state index is 0.0188. The average molecular weight is 759 g/mol. The van der Waals surface area contributed by atoms with E-state index in [-0.39, 0.29) is 25.5 Å². The largest absolute Gasteiger partial charge is 0.488 e. The second-order valence-electron chi connectivity index (χ2n) is 16.4. The molecule has 0 spiro atoms. The molecule has 13 nitrogen and oxygen atoms in total. The first kappa shape index (κ1) is 37.6. The fourth-order valence-corrected chi connectivity index (χ4v) is 8.50. The Hall–Kier alpha value is -4.72. The number of alkyl carbamates (subject to hydrolysis) is 1. The summed E-state index contributed by atoms with van der Waals surface area (Å²) in [5, 5.41) is 22.7. The maximum Gasteiger partial charge on any atom is 0.408 e. The predicted molar refractivity (Wildman–Crippen MR) is 205 cm³/mol. The Labute approximate surface area is 319 Å². The number of aryl methyl sites for hydroxylation is 1. The zero-order valence-electron chi connectivity index (χ0n) is 31.4. The van der Waals surface area contributed by atoms with Crippen molar-refractivity contribution in [2.75, 3.05) is 11.9 Å². The van der Waals surface area contributed by atoms with Crippen LogP contribution in [-0.4, -0.2) is 86.3 Å². The van der Waals surface area contributed by atoms with Crippen molar-refractivity contribution in [3.8, 4) is 17.1 Å². The topological polar surface area (TPSA) is 172 Å². The minimum atomic E-state index is -1.49. The molecule has 1 aliphatic heterocycles. The summed E-state index contributed by atoms with van der Waals surface area (Å²) in [6, 6.07) is 6.06. The summed E-state index contributed by atoms with van der Waals surface area (Å²) in [6.45, 7) is 11.3. The number of aromatic nitrogens is 2. The lowest BCUT2D eigenvalue weighted by molar-refractivity contribution is -0.146. The maximum atomic E-state index is 14.6. The number of carbonyl (C=O) groups excluding carboxylic acids is 3. The number of hydrogen-bond acceptors (Lipinski definition) is 10. The van der Waals surface area contributed by atoms with Crippen LogP contribution in [0, 0.1) is 18.3 Å². The number of carbonyl (C=O) groups is 4. The van der Waals surface area contributed by atoms with Crippen LogP contribution >= 0.6 is 11.3 Å². The van der Waals surface area contributed by atoms with Crippen molar-refractivity contribution in [3.63, 3.8) is 0 Å². The van der Waals surface area contributed by atoms with Gasteiger partial charge in [0.25, 0.3) is 0 Å². The van der Waals surface area contributed by atoms with E-state index in [1.54, 1.807) is 0 Å². The number of benzene rings is 1. The monoisotopic (exact) mass is 758 g/mol. The summed E-state index contributed by atoms with van der Waals surface area (Å²) in [4.78, 5) is 65.3. The van der Waals surface area contributed by atoms with Gasteiger partial charge in [-0.15, -0.1) is 17.9 Å². The zero-order valence-corrected chi connectivity index (χ0v) is 32.2. The lowest BCUT2D eigenvalue weighted by atomic mass is 9.85. The Morgan fingerprint density at radius 2 is 1.81 bits per heavy atom. The molecule has 14 heteroatoms. The van der Waals surface area contributed by atoms with Gasteiger partial charge in [0, 0.05) is 35.2 Å². The van der Waals surface area contributed by atoms with E-state index < -0.39 is 58.9 Å². The molecule has 2 aromatic heterocycles. The fourth-order valence-electron chi connectivity index (χ4n) is 7.72. The van der Waals surface area contributed by atoms with Gasteiger partial charge in [-0.2, -0.15) is 0 Å². The molecule has 3 aliphatic carbocycles. The van der Waals surface area contributed by atoms with Crippen molar-refractivity contribution in [1.82, 2.24) is 25.5 Å². The van der Waals surface area contributed by atoms with Crippen LogP contribution in [0.5, 0.6) is 5.75 Å². The van der Waals surface area contributed by atoms with Gasteiger partial charge in [0.15, 0.2) is 5.13 Å². The third-order valence-electron chi connectivity index (χ3n) is 11.2. The molecule has 1 aromatic carbocycles. The molecule has 1 saturated heterocycles. The second-order valence-corrected chi connectivity index (χ2v) is 17.2. The van der Waals surface area contributed by atoms with Crippen LogP contribution in [0.15, 0.2) is 42.3 Å². The zero-order chi connectivity index (χ0) is 38.4. The number of carboxylic acids is 1. The molecule has 54 heavy (non-hydrogen) atoms. The SMILES string of the molecule is C=C[C@@H]1C[C@]1(NC(=O)[C@@H]1C[C@@H](Oc2cc(-c3csc(NC4CCC4)n3)nc3cc(C)ccc23)CN1C(=O)[C@@H](NC(=O)OC1CCCC1)C(C)(C)C)C(=O)O. The van der Waals surface area contributed by atoms with Crippen LogP contribution in [0.1, 0.15) is 84.1 Å². The van der Waals surface area contributed by atoms with E-state index >= 15 is 0 Å². The second kappa shape index (κ2) is 14.8. The molecule has 3 aromatic rings. The van der Waals surface area contributed by atoms with Crippen molar-refractivity contribution in [2.45, 2.75) is 121 Å². The van der Waals surface area contributed by atoms with Crippen molar-refractivity contribution in [1.29, 1.82) is 0 Å². The van der Waals surface area contributed by atoms with Crippen molar-refractivity contribution in [3.05, 3.63) is 47.9 Å². The summed E-state index contributed by atoms with van der Waals surface area (Å²) in [6.07, 6.45) is 7.26. The number of ether oxygens (including phenoxy) is 2. The molecule has 0 radical (unpaired) electrons. The minimum Gasteiger partial charge on any atom is -0.488 e. The van der Waals surface area contributed by atoms with Crippen molar-refractivity contribution < 1.29 is 33.8 Å². The van der Waals surface area contributed by atoms with Gasteiger partial charge in [-0.25, -0.2) is 19.6 Å². The van der Waals surface area contributed by atoms with Crippen LogP contribution in [-0.2, 0) is 19.1 Å². The van der Waals surface area contributed by atoms with Gasteiger partial charge in [-0.3, -0.25) is 9.59 Å². The van der Waals surface area contributed by atoms with E-state index in [4.69, 9.17) is 19.4 Å². The highest BCUT2D eigenvalue weighted by atomic mass is 32.1. The Morgan fingerprint density at radius 3 is 2.46 bits per heavy atom. The number of hydrogen-bond donors (Lipinski definition) is 4. The summed E-state index contributed by atoms with van der Waals surface area (Å²) >= 11 is 1.53. The predicted octanol–water partition coefficient (Wildman–Crippen LogP) is 6.21. The third kappa shape index (κ3) is 7.75.